The quantitative estimate of drug-likeness (QED) is 0.680. The van der Waals surface area contributed by atoms with Crippen LogP contribution in [0.3, 0.4) is 0 Å². The Bertz CT molecular complexity index is 782. The van der Waals surface area contributed by atoms with Gasteiger partial charge in [-0.2, -0.15) is 0 Å². The lowest BCUT2D eigenvalue weighted by molar-refractivity contribution is -0.122. The van der Waals surface area contributed by atoms with Crippen LogP contribution in [0.1, 0.15) is 49.3 Å². The van der Waals surface area contributed by atoms with E-state index in [1.165, 1.54) is 0 Å². The molecule has 0 saturated carbocycles. The molecule has 0 spiro atoms. The third kappa shape index (κ3) is 6.71. The van der Waals surface area contributed by atoms with Gasteiger partial charge in [0.15, 0.2) is 0 Å². The number of carbonyl (C=O) groups is 2. The van der Waals surface area contributed by atoms with Gasteiger partial charge in [0.1, 0.15) is 6.54 Å². The number of aromatic nitrogens is 2. The molecule has 0 aliphatic heterocycles. The van der Waals surface area contributed by atoms with Gasteiger partial charge in [-0.1, -0.05) is 12.1 Å². The van der Waals surface area contributed by atoms with E-state index in [-0.39, 0.29) is 24.4 Å². The van der Waals surface area contributed by atoms with E-state index in [1.54, 1.807) is 23.0 Å². The zero-order chi connectivity index (χ0) is 20.0. The van der Waals surface area contributed by atoms with Crippen LogP contribution >= 0.6 is 11.6 Å². The molecule has 1 heterocycles. The predicted molar refractivity (Wildman–Crippen MR) is 107 cm³/mol. The van der Waals surface area contributed by atoms with Gasteiger partial charge in [-0.3, -0.25) is 9.59 Å². The van der Waals surface area contributed by atoms with E-state index < -0.39 is 5.54 Å². The topological polar surface area (TPSA) is 76.0 Å². The highest BCUT2D eigenvalue weighted by atomic mass is 35.5. The Morgan fingerprint density at radius 2 is 1.89 bits per heavy atom. The molecule has 2 aromatic rings. The number of hydrogen-bond donors (Lipinski definition) is 2. The molecule has 2 amide bonds. The minimum absolute atomic E-state index is 0.0538. The molecule has 0 aliphatic carbocycles. The summed E-state index contributed by atoms with van der Waals surface area (Å²) in [5.41, 5.74) is 1.89. The van der Waals surface area contributed by atoms with E-state index in [9.17, 15) is 9.59 Å². The Morgan fingerprint density at radius 1 is 1.22 bits per heavy atom. The summed E-state index contributed by atoms with van der Waals surface area (Å²) in [5.74, 6) is 0.226. The van der Waals surface area contributed by atoms with Crippen molar-refractivity contribution in [3.63, 3.8) is 0 Å². The summed E-state index contributed by atoms with van der Waals surface area (Å²) in [7, 11) is 0. The molecule has 27 heavy (non-hydrogen) atoms. The van der Waals surface area contributed by atoms with Crippen LogP contribution in [0, 0.1) is 0 Å². The molecular weight excluding hydrogens is 364 g/mol. The minimum atomic E-state index is -0.485. The number of benzene rings is 1. The van der Waals surface area contributed by atoms with E-state index in [0.29, 0.717) is 17.9 Å². The average molecular weight is 391 g/mol. The fraction of sp³-hybridized carbons (Fsp3) is 0.450. The normalized spacial score (nSPS) is 11.5. The second kappa shape index (κ2) is 9.04. The van der Waals surface area contributed by atoms with Crippen LogP contribution in [-0.2, 0) is 23.6 Å². The molecule has 146 valence electrons. The molecular formula is C20H27ClN4O2. The summed E-state index contributed by atoms with van der Waals surface area (Å²) in [6.07, 6.45) is 4.03. The second-order valence-corrected chi connectivity index (χ2v) is 7.87. The highest BCUT2D eigenvalue weighted by Gasteiger charge is 2.23. The Labute approximate surface area is 165 Å². The highest BCUT2D eigenvalue weighted by molar-refractivity contribution is 6.17. The van der Waals surface area contributed by atoms with Crippen LogP contribution in [0.25, 0.3) is 0 Å². The van der Waals surface area contributed by atoms with Crippen LogP contribution in [0.15, 0.2) is 36.8 Å². The van der Waals surface area contributed by atoms with Crippen molar-refractivity contribution in [2.75, 3.05) is 0 Å². The summed E-state index contributed by atoms with van der Waals surface area (Å²) >= 11 is 5.78. The lowest BCUT2D eigenvalue weighted by Crippen LogP contribution is -2.45. The van der Waals surface area contributed by atoms with E-state index >= 15 is 0 Å². The first kappa shape index (κ1) is 21.0. The van der Waals surface area contributed by atoms with Gasteiger partial charge >= 0.3 is 0 Å². The fourth-order valence-electron chi connectivity index (χ4n) is 2.74. The molecule has 6 nitrogen and oxygen atoms in total. The van der Waals surface area contributed by atoms with Crippen molar-refractivity contribution in [2.24, 2.45) is 0 Å². The molecule has 0 fully saturated rings. The zero-order valence-corrected chi connectivity index (χ0v) is 17.0. The van der Waals surface area contributed by atoms with Crippen LogP contribution in [-0.4, -0.2) is 32.9 Å². The SMILES string of the molecule is CC(C)NC(=O)Cn1cnc(CC(C)(C)NC(=O)c2ccc(CCl)cc2)c1. The molecule has 0 bridgehead atoms. The van der Waals surface area contributed by atoms with E-state index in [4.69, 9.17) is 11.6 Å². The van der Waals surface area contributed by atoms with Crippen molar-refractivity contribution in [2.45, 2.75) is 58.1 Å². The number of alkyl halides is 1. The van der Waals surface area contributed by atoms with Gasteiger partial charge in [0, 0.05) is 35.6 Å². The van der Waals surface area contributed by atoms with E-state index in [1.807, 2.05) is 46.0 Å². The van der Waals surface area contributed by atoms with Crippen molar-refractivity contribution < 1.29 is 9.59 Å². The van der Waals surface area contributed by atoms with Crippen LogP contribution in [0.4, 0.5) is 0 Å². The first-order chi connectivity index (χ1) is 12.7. The van der Waals surface area contributed by atoms with Gasteiger partial charge in [0.25, 0.3) is 5.91 Å². The summed E-state index contributed by atoms with van der Waals surface area (Å²) in [4.78, 5) is 28.7. The number of rotatable bonds is 8. The minimum Gasteiger partial charge on any atom is -0.352 e. The van der Waals surface area contributed by atoms with Gasteiger partial charge in [0.05, 0.1) is 12.0 Å². The number of carbonyl (C=O) groups excluding carboxylic acids is 2. The van der Waals surface area contributed by atoms with Gasteiger partial charge in [-0.15, -0.1) is 11.6 Å². The largest absolute Gasteiger partial charge is 0.352 e. The molecule has 1 aromatic carbocycles. The summed E-state index contributed by atoms with van der Waals surface area (Å²) in [5, 5.41) is 5.88. The Morgan fingerprint density at radius 3 is 2.48 bits per heavy atom. The van der Waals surface area contributed by atoms with Gasteiger partial charge in [-0.25, -0.2) is 4.98 Å². The summed E-state index contributed by atoms with van der Waals surface area (Å²) in [6.45, 7) is 7.97. The second-order valence-electron chi connectivity index (χ2n) is 7.60. The first-order valence-electron chi connectivity index (χ1n) is 8.96. The van der Waals surface area contributed by atoms with Crippen LogP contribution < -0.4 is 10.6 Å². The van der Waals surface area contributed by atoms with Crippen LogP contribution in [0.5, 0.6) is 0 Å². The number of nitrogens with one attached hydrogen (secondary N) is 2. The lowest BCUT2D eigenvalue weighted by Gasteiger charge is -2.25. The highest BCUT2D eigenvalue weighted by Crippen LogP contribution is 2.13. The molecule has 2 N–H and O–H groups in total. The number of imidazole rings is 1. The van der Waals surface area contributed by atoms with Crippen molar-refractivity contribution >= 4 is 23.4 Å². The third-order valence-corrected chi connectivity index (χ3v) is 4.22. The monoisotopic (exact) mass is 390 g/mol. The van der Waals surface area contributed by atoms with Crippen molar-refractivity contribution in [1.29, 1.82) is 0 Å². The summed E-state index contributed by atoms with van der Waals surface area (Å²) in [6, 6.07) is 7.33. The predicted octanol–water partition coefficient (Wildman–Crippen LogP) is 2.90. The van der Waals surface area contributed by atoms with Crippen molar-refractivity contribution in [1.82, 2.24) is 20.2 Å². The van der Waals surface area contributed by atoms with E-state index in [0.717, 1.165) is 11.3 Å². The van der Waals surface area contributed by atoms with Crippen molar-refractivity contribution in [3.05, 3.63) is 53.6 Å². The standard InChI is InChI=1S/C20H27ClN4O2/c1-14(2)23-18(26)12-25-11-17(22-13-25)9-20(3,4)24-19(27)16-7-5-15(10-21)6-8-16/h5-8,11,13-14H,9-10,12H2,1-4H3,(H,23,26)(H,24,27). The number of nitrogens with zero attached hydrogens (tertiary/aromatic N) is 2. The number of halogens is 1. The Kier molecular flexibility index (Phi) is 7.02. The maximum absolute atomic E-state index is 12.5. The first-order valence-corrected chi connectivity index (χ1v) is 9.49. The molecule has 0 unspecified atom stereocenters. The maximum atomic E-state index is 12.5. The Hall–Kier alpha value is -2.34. The van der Waals surface area contributed by atoms with Gasteiger partial charge in [0.2, 0.25) is 5.91 Å². The molecule has 0 radical (unpaired) electrons. The van der Waals surface area contributed by atoms with Gasteiger partial charge < -0.3 is 15.2 Å². The van der Waals surface area contributed by atoms with Crippen LogP contribution in [0.2, 0.25) is 0 Å². The average Bonchev–Trinajstić information content (AvgIpc) is 2.99. The summed E-state index contributed by atoms with van der Waals surface area (Å²) < 4.78 is 1.75. The van der Waals surface area contributed by atoms with E-state index in [2.05, 4.69) is 15.6 Å². The molecule has 1 aromatic heterocycles. The maximum Gasteiger partial charge on any atom is 0.251 e. The zero-order valence-electron chi connectivity index (χ0n) is 16.3. The molecule has 7 heteroatoms. The smallest absolute Gasteiger partial charge is 0.251 e. The van der Waals surface area contributed by atoms with Gasteiger partial charge in [-0.05, 0) is 45.4 Å². The third-order valence-electron chi connectivity index (χ3n) is 3.91. The lowest BCUT2D eigenvalue weighted by atomic mass is 9.98. The molecule has 0 atom stereocenters. The molecule has 0 saturated heterocycles. The molecule has 0 aliphatic rings. The number of amides is 2. The number of hydrogen-bond acceptors (Lipinski definition) is 3. The molecule has 2 rings (SSSR count). The Balaban J connectivity index is 1.95. The fourth-order valence-corrected chi connectivity index (χ4v) is 2.92. The van der Waals surface area contributed by atoms with Crippen molar-refractivity contribution in [3.8, 4) is 0 Å².